The standard InChI is InChI=1S/C13H18N2O5S/c1-8(2)9-3-5-10(6-4-9)21(19,20)15-11(13(17)18)7-12(14)16/h3-6,8,11,15H,7H2,1-2H3,(H2,14,16)(H,17,18)/t11-/m0/s1. The van der Waals surface area contributed by atoms with E-state index in [2.05, 4.69) is 0 Å². The summed E-state index contributed by atoms with van der Waals surface area (Å²) in [7, 11) is -4.03. The van der Waals surface area contributed by atoms with Gasteiger partial charge in [0.1, 0.15) is 6.04 Å². The second kappa shape index (κ2) is 6.68. The molecule has 0 heterocycles. The number of sulfonamides is 1. The number of hydrogen-bond acceptors (Lipinski definition) is 4. The summed E-state index contributed by atoms with van der Waals surface area (Å²) >= 11 is 0. The summed E-state index contributed by atoms with van der Waals surface area (Å²) in [6.07, 6.45) is -0.612. The summed E-state index contributed by atoms with van der Waals surface area (Å²) in [6.45, 7) is 3.93. The average Bonchev–Trinajstić information content (AvgIpc) is 2.37. The molecular formula is C13H18N2O5S. The third-order valence-corrected chi connectivity index (χ3v) is 4.35. The predicted molar refractivity (Wildman–Crippen MR) is 76.1 cm³/mol. The molecule has 0 unspecified atom stereocenters. The van der Waals surface area contributed by atoms with Crippen LogP contribution < -0.4 is 10.5 Å². The van der Waals surface area contributed by atoms with E-state index < -0.39 is 34.4 Å². The quantitative estimate of drug-likeness (QED) is 0.672. The second-order valence-corrected chi connectivity index (χ2v) is 6.62. The molecule has 0 aliphatic heterocycles. The minimum Gasteiger partial charge on any atom is -0.480 e. The lowest BCUT2D eigenvalue weighted by Gasteiger charge is -2.14. The Kier molecular flexibility index (Phi) is 5.45. The fraction of sp³-hybridized carbons (Fsp3) is 0.385. The molecule has 0 aromatic heterocycles. The topological polar surface area (TPSA) is 127 Å². The molecule has 0 aliphatic rings. The van der Waals surface area contributed by atoms with Crippen molar-refractivity contribution in [3.05, 3.63) is 29.8 Å². The molecule has 4 N–H and O–H groups in total. The molecule has 116 valence electrons. The van der Waals surface area contributed by atoms with Crippen LogP contribution in [0, 0.1) is 0 Å². The van der Waals surface area contributed by atoms with Gasteiger partial charge in [0, 0.05) is 0 Å². The molecule has 0 spiro atoms. The highest BCUT2D eigenvalue weighted by Gasteiger charge is 2.26. The normalized spacial score (nSPS) is 13.1. The van der Waals surface area contributed by atoms with E-state index in [-0.39, 0.29) is 10.8 Å². The molecule has 1 rings (SSSR count). The predicted octanol–water partition coefficient (Wildman–Crippen LogP) is 0.417. The summed E-state index contributed by atoms with van der Waals surface area (Å²) in [5, 5.41) is 8.91. The highest BCUT2D eigenvalue weighted by molar-refractivity contribution is 7.89. The van der Waals surface area contributed by atoms with Crippen molar-refractivity contribution < 1.29 is 23.1 Å². The summed E-state index contributed by atoms with van der Waals surface area (Å²) in [4.78, 5) is 21.7. The van der Waals surface area contributed by atoms with Crippen LogP contribution in [0.15, 0.2) is 29.2 Å². The van der Waals surface area contributed by atoms with Crippen molar-refractivity contribution in [1.82, 2.24) is 4.72 Å². The maximum absolute atomic E-state index is 12.1. The number of primary amides is 1. The van der Waals surface area contributed by atoms with Crippen molar-refractivity contribution in [2.75, 3.05) is 0 Å². The van der Waals surface area contributed by atoms with Gasteiger partial charge in [-0.1, -0.05) is 26.0 Å². The maximum Gasteiger partial charge on any atom is 0.322 e. The summed E-state index contributed by atoms with van der Waals surface area (Å²) < 4.78 is 26.1. The summed E-state index contributed by atoms with van der Waals surface area (Å²) in [5.41, 5.74) is 5.86. The van der Waals surface area contributed by atoms with Crippen molar-refractivity contribution in [2.24, 2.45) is 5.73 Å². The Morgan fingerprint density at radius 3 is 2.14 bits per heavy atom. The Bertz CT molecular complexity index is 622. The minimum atomic E-state index is -4.03. The van der Waals surface area contributed by atoms with Crippen molar-refractivity contribution in [3.63, 3.8) is 0 Å². The average molecular weight is 314 g/mol. The molecule has 1 atom stereocenters. The first-order valence-electron chi connectivity index (χ1n) is 6.27. The Hall–Kier alpha value is -1.93. The van der Waals surface area contributed by atoms with Gasteiger partial charge in [0.2, 0.25) is 15.9 Å². The smallest absolute Gasteiger partial charge is 0.322 e. The van der Waals surface area contributed by atoms with Gasteiger partial charge >= 0.3 is 5.97 Å². The monoisotopic (exact) mass is 314 g/mol. The van der Waals surface area contributed by atoms with Gasteiger partial charge in [0.25, 0.3) is 0 Å². The largest absolute Gasteiger partial charge is 0.480 e. The molecule has 0 bridgehead atoms. The van der Waals surface area contributed by atoms with Crippen LogP contribution in [0.2, 0.25) is 0 Å². The summed E-state index contributed by atoms with van der Waals surface area (Å²) in [5.74, 6) is -2.12. The molecule has 0 aliphatic carbocycles. The lowest BCUT2D eigenvalue weighted by atomic mass is 10.0. The van der Waals surface area contributed by atoms with Gasteiger partial charge in [-0.3, -0.25) is 9.59 Å². The van der Waals surface area contributed by atoms with Gasteiger partial charge in [-0.25, -0.2) is 8.42 Å². The van der Waals surface area contributed by atoms with Gasteiger partial charge in [0.15, 0.2) is 0 Å². The number of nitrogens with two attached hydrogens (primary N) is 1. The molecule has 8 heteroatoms. The van der Waals surface area contributed by atoms with E-state index in [0.29, 0.717) is 0 Å². The number of hydrogen-bond donors (Lipinski definition) is 3. The molecule has 7 nitrogen and oxygen atoms in total. The van der Waals surface area contributed by atoms with Gasteiger partial charge < -0.3 is 10.8 Å². The molecule has 0 fully saturated rings. The fourth-order valence-electron chi connectivity index (χ4n) is 1.67. The number of carbonyl (C=O) groups is 2. The van der Waals surface area contributed by atoms with E-state index in [1.807, 2.05) is 18.6 Å². The van der Waals surface area contributed by atoms with Crippen LogP contribution in [-0.2, 0) is 19.6 Å². The van der Waals surface area contributed by atoms with Crippen LogP contribution in [0.4, 0.5) is 0 Å². The number of nitrogens with one attached hydrogen (secondary N) is 1. The zero-order chi connectivity index (χ0) is 16.2. The fourth-order valence-corrected chi connectivity index (χ4v) is 2.86. The van der Waals surface area contributed by atoms with E-state index in [1.54, 1.807) is 12.1 Å². The molecular weight excluding hydrogens is 296 g/mol. The highest BCUT2D eigenvalue weighted by Crippen LogP contribution is 2.17. The van der Waals surface area contributed by atoms with Gasteiger partial charge in [-0.15, -0.1) is 0 Å². The molecule has 0 radical (unpaired) electrons. The van der Waals surface area contributed by atoms with Crippen LogP contribution >= 0.6 is 0 Å². The molecule has 1 amide bonds. The number of carboxylic acids is 1. The van der Waals surface area contributed by atoms with E-state index in [1.165, 1.54) is 12.1 Å². The third-order valence-electron chi connectivity index (χ3n) is 2.86. The Labute approximate surface area is 123 Å². The first-order valence-corrected chi connectivity index (χ1v) is 7.75. The van der Waals surface area contributed by atoms with E-state index in [4.69, 9.17) is 10.8 Å². The van der Waals surface area contributed by atoms with Crippen molar-refractivity contribution >= 4 is 21.9 Å². The second-order valence-electron chi connectivity index (χ2n) is 4.91. The van der Waals surface area contributed by atoms with Crippen molar-refractivity contribution in [2.45, 2.75) is 37.1 Å². The number of benzene rings is 1. The Morgan fingerprint density at radius 1 is 1.24 bits per heavy atom. The van der Waals surface area contributed by atoms with E-state index >= 15 is 0 Å². The lowest BCUT2D eigenvalue weighted by Crippen LogP contribution is -2.43. The van der Waals surface area contributed by atoms with Crippen LogP contribution in [0.25, 0.3) is 0 Å². The van der Waals surface area contributed by atoms with Crippen LogP contribution in [0.1, 0.15) is 31.7 Å². The SMILES string of the molecule is CC(C)c1ccc(S(=O)(=O)N[C@@H](CC(N)=O)C(=O)O)cc1. The Balaban J connectivity index is 2.98. The van der Waals surface area contributed by atoms with Crippen LogP contribution in [0.5, 0.6) is 0 Å². The number of aliphatic carboxylic acids is 1. The number of amides is 1. The summed E-state index contributed by atoms with van der Waals surface area (Å²) in [6, 6.07) is 4.51. The first-order chi connectivity index (χ1) is 9.63. The molecule has 0 saturated carbocycles. The maximum atomic E-state index is 12.1. The lowest BCUT2D eigenvalue weighted by molar-refractivity contribution is -0.140. The van der Waals surface area contributed by atoms with E-state index in [0.717, 1.165) is 5.56 Å². The zero-order valence-corrected chi connectivity index (χ0v) is 12.6. The molecule has 21 heavy (non-hydrogen) atoms. The molecule has 1 aromatic carbocycles. The Morgan fingerprint density at radius 2 is 1.76 bits per heavy atom. The van der Waals surface area contributed by atoms with Gasteiger partial charge in [-0.2, -0.15) is 4.72 Å². The highest BCUT2D eigenvalue weighted by atomic mass is 32.2. The van der Waals surface area contributed by atoms with E-state index in [9.17, 15) is 18.0 Å². The van der Waals surface area contributed by atoms with Gasteiger partial charge in [0.05, 0.1) is 11.3 Å². The number of carboxylic acid groups (broad SMARTS) is 1. The number of rotatable bonds is 7. The number of carbonyl (C=O) groups excluding carboxylic acids is 1. The minimum absolute atomic E-state index is 0.0670. The third kappa shape index (κ3) is 4.83. The molecule has 1 aromatic rings. The molecule has 0 saturated heterocycles. The van der Waals surface area contributed by atoms with Crippen LogP contribution in [0.3, 0.4) is 0 Å². The van der Waals surface area contributed by atoms with Crippen LogP contribution in [-0.4, -0.2) is 31.4 Å². The van der Waals surface area contributed by atoms with Gasteiger partial charge in [-0.05, 0) is 23.6 Å². The first kappa shape index (κ1) is 17.1. The van der Waals surface area contributed by atoms with Crippen molar-refractivity contribution in [1.29, 1.82) is 0 Å². The van der Waals surface area contributed by atoms with Crippen molar-refractivity contribution in [3.8, 4) is 0 Å². The zero-order valence-electron chi connectivity index (χ0n) is 11.7.